The van der Waals surface area contributed by atoms with Gasteiger partial charge in [-0.2, -0.15) is 0 Å². The second-order valence-corrected chi connectivity index (χ2v) is 4.74. The van der Waals surface area contributed by atoms with Gasteiger partial charge in [0.2, 0.25) is 0 Å². The van der Waals surface area contributed by atoms with Gasteiger partial charge in [-0.25, -0.2) is 4.79 Å². The number of aliphatic carboxylic acids is 1. The van der Waals surface area contributed by atoms with Crippen LogP contribution in [0, 0.1) is 5.92 Å². The summed E-state index contributed by atoms with van der Waals surface area (Å²) in [5.74, 6) is -2.98. The van der Waals surface area contributed by atoms with Crippen molar-refractivity contribution in [3.05, 3.63) is 0 Å². The van der Waals surface area contributed by atoms with E-state index in [1.54, 1.807) is 0 Å². The van der Waals surface area contributed by atoms with Crippen LogP contribution in [0.3, 0.4) is 0 Å². The molecule has 118 valence electrons. The molecule has 9 heteroatoms. The van der Waals surface area contributed by atoms with Gasteiger partial charge in [0.25, 0.3) is 5.91 Å². The minimum Gasteiger partial charge on any atom is -0.480 e. The molecule has 5 atom stereocenters. The number of aliphatic hydroxyl groups excluding tert-OH is 5. The number of hydrogen-bond donors (Lipinski definition) is 7. The molecule has 0 aliphatic carbocycles. The molecule has 0 radical (unpaired) electrons. The summed E-state index contributed by atoms with van der Waals surface area (Å²) in [6, 6.07) is -1.27. The van der Waals surface area contributed by atoms with Crippen molar-refractivity contribution >= 4 is 11.9 Å². The lowest BCUT2D eigenvalue weighted by Crippen LogP contribution is -2.55. The standard InChI is InChI=1S/C11H21NO8/c1-4(2)6(11(19)20)12-10(18)9(17)8(16)7(15)5(14)3-13/h4-9,13-17H,3H2,1-2H3,(H,12,18)(H,19,20)/t5-,6+,7-,8+,9+/m1/s1. The van der Waals surface area contributed by atoms with Crippen LogP contribution < -0.4 is 5.32 Å². The van der Waals surface area contributed by atoms with Crippen molar-refractivity contribution < 1.29 is 40.2 Å². The summed E-state index contributed by atoms with van der Waals surface area (Å²) in [6.45, 7) is 2.19. The van der Waals surface area contributed by atoms with Crippen LogP contribution in [0.2, 0.25) is 0 Å². The molecule has 0 unspecified atom stereocenters. The normalized spacial score (nSPS) is 19.0. The maximum Gasteiger partial charge on any atom is 0.326 e. The molecule has 0 saturated carbocycles. The summed E-state index contributed by atoms with van der Waals surface area (Å²) in [4.78, 5) is 22.5. The van der Waals surface area contributed by atoms with Crippen LogP contribution in [0.1, 0.15) is 13.8 Å². The van der Waals surface area contributed by atoms with Crippen molar-refractivity contribution in [2.75, 3.05) is 6.61 Å². The predicted molar refractivity (Wildman–Crippen MR) is 65.5 cm³/mol. The molecule has 0 aliphatic heterocycles. The Hall–Kier alpha value is -1.26. The highest BCUT2D eigenvalue weighted by molar-refractivity contribution is 5.86. The fourth-order valence-corrected chi connectivity index (χ4v) is 1.43. The summed E-state index contributed by atoms with van der Waals surface area (Å²) >= 11 is 0. The van der Waals surface area contributed by atoms with E-state index in [1.165, 1.54) is 13.8 Å². The van der Waals surface area contributed by atoms with Crippen LogP contribution in [0.25, 0.3) is 0 Å². The Morgan fingerprint density at radius 1 is 1.05 bits per heavy atom. The molecule has 0 aromatic rings. The first-order chi connectivity index (χ1) is 9.13. The van der Waals surface area contributed by atoms with E-state index in [2.05, 4.69) is 0 Å². The van der Waals surface area contributed by atoms with Gasteiger partial charge in [-0.1, -0.05) is 13.8 Å². The van der Waals surface area contributed by atoms with E-state index in [-0.39, 0.29) is 0 Å². The molecule has 1 amide bonds. The topological polar surface area (TPSA) is 168 Å². The Bertz CT molecular complexity index is 334. The van der Waals surface area contributed by atoms with E-state index >= 15 is 0 Å². The van der Waals surface area contributed by atoms with E-state index in [0.29, 0.717) is 0 Å². The smallest absolute Gasteiger partial charge is 0.326 e. The number of carbonyl (C=O) groups excluding carboxylic acids is 1. The summed E-state index contributed by atoms with van der Waals surface area (Å²) in [5, 5.41) is 56.9. The first kappa shape index (κ1) is 18.7. The van der Waals surface area contributed by atoms with Gasteiger partial charge in [0.05, 0.1) is 6.61 Å². The SMILES string of the molecule is CC(C)[C@H](NC(=O)[C@@H](O)[C@@H](O)[C@H](O)[C@H](O)CO)C(=O)O. The number of carboxylic acids is 1. The zero-order valence-electron chi connectivity index (χ0n) is 11.2. The average molecular weight is 295 g/mol. The molecule has 0 aromatic heterocycles. The largest absolute Gasteiger partial charge is 0.480 e. The zero-order chi connectivity index (χ0) is 16.0. The quantitative estimate of drug-likeness (QED) is 0.244. The second kappa shape index (κ2) is 8.12. The van der Waals surface area contributed by atoms with Gasteiger partial charge in [-0.05, 0) is 5.92 Å². The summed E-state index contributed by atoms with van der Waals surface area (Å²) in [6.07, 6.45) is -7.92. The number of aliphatic hydroxyl groups is 5. The van der Waals surface area contributed by atoms with Crippen molar-refractivity contribution in [1.29, 1.82) is 0 Å². The number of amides is 1. The third-order valence-corrected chi connectivity index (χ3v) is 2.75. The van der Waals surface area contributed by atoms with Crippen molar-refractivity contribution in [3.63, 3.8) is 0 Å². The molecule has 0 heterocycles. The molecule has 0 saturated heterocycles. The molecule has 0 aromatic carbocycles. The Morgan fingerprint density at radius 3 is 1.90 bits per heavy atom. The van der Waals surface area contributed by atoms with E-state index in [4.69, 9.17) is 15.3 Å². The second-order valence-electron chi connectivity index (χ2n) is 4.74. The lowest BCUT2D eigenvalue weighted by atomic mass is 10.0. The van der Waals surface area contributed by atoms with Gasteiger partial charge in [-0.3, -0.25) is 4.79 Å². The van der Waals surface area contributed by atoms with Crippen molar-refractivity contribution in [2.24, 2.45) is 5.92 Å². The minimum absolute atomic E-state index is 0.464. The van der Waals surface area contributed by atoms with Gasteiger partial charge in [0, 0.05) is 0 Å². The molecule has 0 fully saturated rings. The number of carboxylic acid groups (broad SMARTS) is 1. The molecule has 0 aliphatic rings. The Labute approximate surface area is 115 Å². The van der Waals surface area contributed by atoms with Crippen LogP contribution >= 0.6 is 0 Å². The summed E-state index contributed by atoms with van der Waals surface area (Å²) in [5.41, 5.74) is 0. The monoisotopic (exact) mass is 295 g/mol. The first-order valence-corrected chi connectivity index (χ1v) is 5.99. The minimum atomic E-state index is -2.15. The third kappa shape index (κ3) is 5.02. The Kier molecular flexibility index (Phi) is 7.61. The summed E-state index contributed by atoms with van der Waals surface area (Å²) in [7, 11) is 0. The van der Waals surface area contributed by atoms with E-state index in [1.807, 2.05) is 5.32 Å². The molecule has 0 rings (SSSR count). The molecular weight excluding hydrogens is 274 g/mol. The Balaban J connectivity index is 4.72. The number of hydrogen-bond acceptors (Lipinski definition) is 7. The van der Waals surface area contributed by atoms with E-state index in [0.717, 1.165) is 0 Å². The van der Waals surface area contributed by atoms with E-state index in [9.17, 15) is 24.9 Å². The van der Waals surface area contributed by atoms with Gasteiger partial charge in [0.15, 0.2) is 6.10 Å². The molecule has 0 bridgehead atoms. The van der Waals surface area contributed by atoms with Crippen molar-refractivity contribution in [2.45, 2.75) is 44.3 Å². The molecular formula is C11H21NO8. The number of rotatable bonds is 8. The van der Waals surface area contributed by atoms with Crippen molar-refractivity contribution in [1.82, 2.24) is 5.32 Å². The maximum atomic E-state index is 11.6. The van der Waals surface area contributed by atoms with Crippen molar-refractivity contribution in [3.8, 4) is 0 Å². The third-order valence-electron chi connectivity index (χ3n) is 2.75. The highest BCUT2D eigenvalue weighted by Gasteiger charge is 2.36. The first-order valence-electron chi connectivity index (χ1n) is 5.99. The fraction of sp³-hybridized carbons (Fsp3) is 0.818. The van der Waals surface area contributed by atoms with E-state index < -0.39 is 54.9 Å². The highest BCUT2D eigenvalue weighted by atomic mass is 16.4. The molecule has 20 heavy (non-hydrogen) atoms. The zero-order valence-corrected chi connectivity index (χ0v) is 11.2. The van der Waals surface area contributed by atoms with Crippen LogP contribution in [0.4, 0.5) is 0 Å². The number of carbonyl (C=O) groups is 2. The lowest BCUT2D eigenvalue weighted by molar-refractivity contribution is -0.153. The van der Waals surface area contributed by atoms with Gasteiger partial charge < -0.3 is 36.0 Å². The fourth-order valence-electron chi connectivity index (χ4n) is 1.43. The van der Waals surface area contributed by atoms with Crippen LogP contribution in [-0.4, -0.2) is 79.6 Å². The maximum absolute atomic E-state index is 11.6. The highest BCUT2D eigenvalue weighted by Crippen LogP contribution is 2.07. The van der Waals surface area contributed by atoms with Gasteiger partial charge in [-0.15, -0.1) is 0 Å². The number of nitrogens with one attached hydrogen (secondary N) is 1. The van der Waals surface area contributed by atoms with Crippen LogP contribution in [0.5, 0.6) is 0 Å². The predicted octanol–water partition coefficient (Wildman–Crippen LogP) is -3.35. The lowest BCUT2D eigenvalue weighted by Gasteiger charge is -2.26. The molecule has 9 nitrogen and oxygen atoms in total. The Morgan fingerprint density at radius 2 is 1.55 bits per heavy atom. The molecule has 7 N–H and O–H groups in total. The van der Waals surface area contributed by atoms with Gasteiger partial charge in [0.1, 0.15) is 24.4 Å². The average Bonchev–Trinajstić information content (AvgIpc) is 2.39. The van der Waals surface area contributed by atoms with Gasteiger partial charge >= 0.3 is 5.97 Å². The van der Waals surface area contributed by atoms with Crippen LogP contribution in [-0.2, 0) is 9.59 Å². The summed E-state index contributed by atoms with van der Waals surface area (Å²) < 4.78 is 0. The molecule has 0 spiro atoms. The van der Waals surface area contributed by atoms with Crippen LogP contribution in [0.15, 0.2) is 0 Å².